The molecule has 0 radical (unpaired) electrons. The standard InChI is InChI=1S/C7H11N3O/c1-5-3-4-9-7(2,10-5)6(8)11/h3-4,10H,1-2H3,(H2,8,11). The largest absolute Gasteiger partial charge is 0.366 e. The van der Waals surface area contributed by atoms with Gasteiger partial charge in [0, 0.05) is 11.9 Å². The fraction of sp³-hybridized carbons (Fsp3) is 0.429. The molecule has 60 valence electrons. The van der Waals surface area contributed by atoms with Crippen molar-refractivity contribution in [2.45, 2.75) is 19.5 Å². The molecule has 1 aliphatic heterocycles. The van der Waals surface area contributed by atoms with Crippen molar-refractivity contribution in [1.82, 2.24) is 5.32 Å². The molecule has 0 spiro atoms. The molecule has 0 bridgehead atoms. The zero-order chi connectivity index (χ0) is 8.48. The van der Waals surface area contributed by atoms with E-state index < -0.39 is 11.6 Å². The summed E-state index contributed by atoms with van der Waals surface area (Å²) in [6.45, 7) is 3.49. The molecule has 0 fully saturated rings. The Hall–Kier alpha value is -1.32. The Morgan fingerprint density at radius 2 is 2.45 bits per heavy atom. The Bertz CT molecular complexity index is 244. The zero-order valence-corrected chi connectivity index (χ0v) is 6.59. The second kappa shape index (κ2) is 2.38. The number of hydrogen-bond donors (Lipinski definition) is 2. The summed E-state index contributed by atoms with van der Waals surface area (Å²) < 4.78 is 0. The molecule has 0 saturated heterocycles. The number of nitrogens with two attached hydrogens (primary N) is 1. The van der Waals surface area contributed by atoms with Gasteiger partial charge in [0.25, 0.3) is 5.91 Å². The third-order valence-corrected chi connectivity index (χ3v) is 1.58. The van der Waals surface area contributed by atoms with Crippen LogP contribution in [-0.2, 0) is 4.79 Å². The van der Waals surface area contributed by atoms with Gasteiger partial charge in [-0.1, -0.05) is 0 Å². The molecule has 11 heavy (non-hydrogen) atoms. The smallest absolute Gasteiger partial charge is 0.265 e. The van der Waals surface area contributed by atoms with Crippen LogP contribution in [0.25, 0.3) is 0 Å². The molecule has 0 aromatic heterocycles. The van der Waals surface area contributed by atoms with E-state index >= 15 is 0 Å². The monoisotopic (exact) mass is 153 g/mol. The highest BCUT2D eigenvalue weighted by Crippen LogP contribution is 2.10. The van der Waals surface area contributed by atoms with E-state index in [-0.39, 0.29) is 0 Å². The van der Waals surface area contributed by atoms with Crippen molar-refractivity contribution in [3.8, 4) is 0 Å². The van der Waals surface area contributed by atoms with E-state index in [1.54, 1.807) is 19.2 Å². The summed E-state index contributed by atoms with van der Waals surface area (Å²) >= 11 is 0. The van der Waals surface area contributed by atoms with E-state index in [1.165, 1.54) is 0 Å². The van der Waals surface area contributed by atoms with Crippen LogP contribution in [0.2, 0.25) is 0 Å². The van der Waals surface area contributed by atoms with Crippen molar-refractivity contribution in [3.05, 3.63) is 11.8 Å². The lowest BCUT2D eigenvalue weighted by atomic mass is 10.1. The van der Waals surface area contributed by atoms with E-state index in [9.17, 15) is 4.79 Å². The van der Waals surface area contributed by atoms with E-state index in [4.69, 9.17) is 5.73 Å². The number of amides is 1. The molecule has 1 atom stereocenters. The average molecular weight is 153 g/mol. The Morgan fingerprint density at radius 1 is 1.82 bits per heavy atom. The Morgan fingerprint density at radius 3 is 2.82 bits per heavy atom. The molecule has 0 aliphatic carbocycles. The minimum Gasteiger partial charge on any atom is -0.366 e. The van der Waals surface area contributed by atoms with Crippen LogP contribution in [0.15, 0.2) is 16.8 Å². The third kappa shape index (κ3) is 1.39. The predicted octanol–water partition coefficient (Wildman–Crippen LogP) is -0.234. The first kappa shape index (κ1) is 7.78. The van der Waals surface area contributed by atoms with E-state index in [0.29, 0.717) is 0 Å². The van der Waals surface area contributed by atoms with Gasteiger partial charge in [-0.2, -0.15) is 0 Å². The summed E-state index contributed by atoms with van der Waals surface area (Å²) in [4.78, 5) is 14.8. The normalized spacial score (nSPS) is 29.1. The Balaban J connectivity index is 2.86. The summed E-state index contributed by atoms with van der Waals surface area (Å²) in [5.41, 5.74) is 5.05. The van der Waals surface area contributed by atoms with Gasteiger partial charge in [-0.15, -0.1) is 0 Å². The predicted molar refractivity (Wildman–Crippen MR) is 43.0 cm³/mol. The number of rotatable bonds is 1. The number of primary amides is 1. The molecule has 1 amide bonds. The van der Waals surface area contributed by atoms with Gasteiger partial charge in [0.05, 0.1) is 0 Å². The van der Waals surface area contributed by atoms with Gasteiger partial charge in [0.1, 0.15) is 0 Å². The molecule has 4 heteroatoms. The molecule has 1 aliphatic rings. The number of carbonyl (C=O) groups excluding carboxylic acids is 1. The van der Waals surface area contributed by atoms with Crippen LogP contribution in [-0.4, -0.2) is 17.8 Å². The Labute approximate surface area is 65.2 Å². The van der Waals surface area contributed by atoms with Gasteiger partial charge in [-0.3, -0.25) is 9.79 Å². The number of hydrogen-bond acceptors (Lipinski definition) is 3. The summed E-state index contributed by atoms with van der Waals surface area (Å²) in [6, 6.07) is 0. The minimum absolute atomic E-state index is 0.471. The van der Waals surface area contributed by atoms with Crippen molar-refractivity contribution >= 4 is 12.1 Å². The lowest BCUT2D eigenvalue weighted by molar-refractivity contribution is -0.123. The number of nitrogens with one attached hydrogen (secondary N) is 1. The first-order chi connectivity index (χ1) is 5.04. The molecule has 1 unspecified atom stereocenters. The fourth-order valence-electron chi connectivity index (χ4n) is 0.881. The van der Waals surface area contributed by atoms with Crippen molar-refractivity contribution in [3.63, 3.8) is 0 Å². The second-order valence-electron chi connectivity index (χ2n) is 2.69. The number of aliphatic imine (C=N–C) groups is 1. The second-order valence-corrected chi connectivity index (χ2v) is 2.69. The van der Waals surface area contributed by atoms with Crippen LogP contribution in [0.3, 0.4) is 0 Å². The number of nitrogens with zero attached hydrogens (tertiary/aromatic N) is 1. The topological polar surface area (TPSA) is 67.5 Å². The fourth-order valence-corrected chi connectivity index (χ4v) is 0.881. The molecule has 3 N–H and O–H groups in total. The van der Waals surface area contributed by atoms with Crippen molar-refractivity contribution < 1.29 is 4.79 Å². The molecule has 0 saturated carbocycles. The van der Waals surface area contributed by atoms with Crippen molar-refractivity contribution in [2.75, 3.05) is 0 Å². The highest BCUT2D eigenvalue weighted by Gasteiger charge is 2.30. The molecule has 1 rings (SSSR count). The van der Waals surface area contributed by atoms with Gasteiger partial charge in [0.15, 0.2) is 0 Å². The maximum atomic E-state index is 10.8. The lowest BCUT2D eigenvalue weighted by Crippen LogP contribution is -2.51. The third-order valence-electron chi connectivity index (χ3n) is 1.58. The Kier molecular flexibility index (Phi) is 1.68. The summed E-state index contributed by atoms with van der Waals surface area (Å²) in [7, 11) is 0. The van der Waals surface area contributed by atoms with Gasteiger partial charge in [-0.25, -0.2) is 0 Å². The van der Waals surface area contributed by atoms with Crippen LogP contribution in [0.1, 0.15) is 13.8 Å². The van der Waals surface area contributed by atoms with Gasteiger partial charge < -0.3 is 11.1 Å². The van der Waals surface area contributed by atoms with Gasteiger partial charge in [-0.05, 0) is 19.9 Å². The zero-order valence-electron chi connectivity index (χ0n) is 6.59. The van der Waals surface area contributed by atoms with Crippen LogP contribution in [0, 0.1) is 0 Å². The maximum absolute atomic E-state index is 10.8. The van der Waals surface area contributed by atoms with E-state index in [2.05, 4.69) is 10.3 Å². The molecule has 1 heterocycles. The van der Waals surface area contributed by atoms with Crippen molar-refractivity contribution in [2.24, 2.45) is 10.7 Å². The molecular formula is C7H11N3O. The minimum atomic E-state index is -0.959. The van der Waals surface area contributed by atoms with Gasteiger partial charge in [0.2, 0.25) is 5.66 Å². The molecule has 0 aromatic carbocycles. The van der Waals surface area contributed by atoms with Crippen molar-refractivity contribution in [1.29, 1.82) is 0 Å². The first-order valence-electron chi connectivity index (χ1n) is 3.35. The van der Waals surface area contributed by atoms with Crippen LogP contribution in [0.4, 0.5) is 0 Å². The van der Waals surface area contributed by atoms with Gasteiger partial charge >= 0.3 is 0 Å². The summed E-state index contributed by atoms with van der Waals surface area (Å²) in [5.74, 6) is -0.471. The number of allylic oxidation sites excluding steroid dienone is 2. The van der Waals surface area contributed by atoms with Crippen LogP contribution < -0.4 is 11.1 Å². The first-order valence-corrected chi connectivity index (χ1v) is 3.35. The van der Waals surface area contributed by atoms with E-state index in [1.807, 2.05) is 6.92 Å². The lowest BCUT2D eigenvalue weighted by Gasteiger charge is -2.26. The average Bonchev–Trinajstić information content (AvgIpc) is 1.86. The molecule has 4 nitrogen and oxygen atoms in total. The highest BCUT2D eigenvalue weighted by molar-refractivity contribution is 5.88. The SMILES string of the molecule is CC1=CC=NC(C)(C(N)=O)N1. The summed E-state index contributed by atoms with van der Waals surface area (Å²) in [6.07, 6.45) is 3.36. The summed E-state index contributed by atoms with van der Waals surface area (Å²) in [5, 5.41) is 2.88. The van der Waals surface area contributed by atoms with Crippen LogP contribution in [0.5, 0.6) is 0 Å². The molecule has 0 aromatic rings. The van der Waals surface area contributed by atoms with Crippen LogP contribution >= 0.6 is 0 Å². The van der Waals surface area contributed by atoms with E-state index in [0.717, 1.165) is 5.70 Å². The maximum Gasteiger partial charge on any atom is 0.265 e. The quantitative estimate of drug-likeness (QED) is 0.546. The number of carbonyl (C=O) groups is 1. The highest BCUT2D eigenvalue weighted by atomic mass is 16.2. The molecular weight excluding hydrogens is 142 g/mol.